The second-order valence-corrected chi connectivity index (χ2v) is 6.96. The molecule has 0 aromatic heterocycles. The van der Waals surface area contributed by atoms with Crippen molar-refractivity contribution < 1.29 is 14.6 Å². The van der Waals surface area contributed by atoms with E-state index >= 15 is 0 Å². The van der Waals surface area contributed by atoms with Crippen LogP contribution >= 0.6 is 11.6 Å². The summed E-state index contributed by atoms with van der Waals surface area (Å²) in [5.74, 6) is 0.130. The number of halogens is 1. The van der Waals surface area contributed by atoms with Crippen molar-refractivity contribution in [1.29, 1.82) is 0 Å². The Labute approximate surface area is 175 Å². The molecule has 3 aromatic rings. The number of hydrogen-bond donors (Lipinski definition) is 2. The zero-order valence-corrected chi connectivity index (χ0v) is 16.8. The van der Waals surface area contributed by atoms with Gasteiger partial charge in [0.2, 0.25) is 0 Å². The molecule has 0 unspecified atom stereocenters. The van der Waals surface area contributed by atoms with Crippen molar-refractivity contribution in [2.45, 2.75) is 13.1 Å². The molecule has 0 saturated heterocycles. The van der Waals surface area contributed by atoms with Crippen molar-refractivity contribution in [3.63, 3.8) is 0 Å². The van der Waals surface area contributed by atoms with Crippen LogP contribution in [0.25, 0.3) is 6.08 Å². The average molecular weight is 408 g/mol. The smallest absolute Gasteiger partial charge is 0.189 e. The summed E-state index contributed by atoms with van der Waals surface area (Å²) in [7, 11) is 1.54. The minimum atomic E-state index is -0.288. The van der Waals surface area contributed by atoms with Gasteiger partial charge in [0.1, 0.15) is 11.5 Å². The Bertz CT molecular complexity index is 999. The Kier molecular flexibility index (Phi) is 7.06. The van der Waals surface area contributed by atoms with Gasteiger partial charge >= 0.3 is 0 Å². The molecular formula is C24H22ClNO3. The van der Waals surface area contributed by atoms with Crippen LogP contribution in [-0.2, 0) is 13.1 Å². The number of hydrogen-bond acceptors (Lipinski definition) is 4. The molecule has 29 heavy (non-hydrogen) atoms. The van der Waals surface area contributed by atoms with Crippen LogP contribution < -0.4 is 10.1 Å². The molecular weight excluding hydrogens is 386 g/mol. The summed E-state index contributed by atoms with van der Waals surface area (Å²) in [5, 5.41) is 14.3. The molecule has 0 aliphatic heterocycles. The first-order chi connectivity index (χ1) is 14.1. The number of ether oxygens (including phenoxy) is 1. The highest BCUT2D eigenvalue weighted by Crippen LogP contribution is 2.29. The van der Waals surface area contributed by atoms with E-state index in [4.69, 9.17) is 16.3 Å². The van der Waals surface area contributed by atoms with Gasteiger partial charge in [-0.05, 0) is 35.4 Å². The molecule has 0 saturated carbocycles. The van der Waals surface area contributed by atoms with E-state index in [0.29, 0.717) is 23.9 Å². The number of aromatic hydroxyl groups is 1. The van der Waals surface area contributed by atoms with E-state index in [1.807, 2.05) is 42.5 Å². The predicted molar refractivity (Wildman–Crippen MR) is 116 cm³/mol. The zero-order valence-electron chi connectivity index (χ0n) is 16.1. The Morgan fingerprint density at radius 2 is 1.79 bits per heavy atom. The maximum Gasteiger partial charge on any atom is 0.189 e. The monoisotopic (exact) mass is 407 g/mol. The fourth-order valence-electron chi connectivity index (χ4n) is 2.91. The molecule has 0 aliphatic rings. The highest BCUT2D eigenvalue weighted by molar-refractivity contribution is 6.30. The number of nitrogens with one attached hydrogen (secondary N) is 1. The zero-order chi connectivity index (χ0) is 20.6. The minimum absolute atomic E-state index is 0.112. The van der Waals surface area contributed by atoms with Crippen LogP contribution in [-0.4, -0.2) is 18.0 Å². The van der Waals surface area contributed by atoms with Crippen LogP contribution in [0.15, 0.2) is 72.8 Å². The molecule has 148 valence electrons. The molecule has 0 aliphatic carbocycles. The number of ketones is 1. The first-order valence-corrected chi connectivity index (χ1v) is 9.57. The van der Waals surface area contributed by atoms with Gasteiger partial charge in [-0.15, -0.1) is 0 Å². The Hall–Kier alpha value is -3.08. The van der Waals surface area contributed by atoms with Crippen LogP contribution in [0.1, 0.15) is 27.0 Å². The summed E-state index contributed by atoms with van der Waals surface area (Å²) >= 11 is 5.88. The molecule has 0 amide bonds. The molecule has 0 atom stereocenters. The molecule has 0 bridgehead atoms. The SMILES string of the molecule is COc1cc(O)c(C(=O)/C=C/c2ccc(Cl)cc2)cc1CNCc1ccccc1. The standard InChI is InChI=1S/C24H22ClNO3/c1-29-24-14-23(28)21(22(27)12-9-17-7-10-20(25)11-8-17)13-19(24)16-26-15-18-5-3-2-4-6-18/h2-14,26,28H,15-16H2,1H3/b12-9+. The van der Waals surface area contributed by atoms with Crippen molar-refractivity contribution in [2.75, 3.05) is 7.11 Å². The lowest BCUT2D eigenvalue weighted by atomic mass is 10.0. The number of phenolic OH excluding ortho intramolecular Hbond substituents is 1. The first kappa shape index (κ1) is 20.6. The second-order valence-electron chi connectivity index (χ2n) is 6.52. The number of rotatable bonds is 8. The van der Waals surface area contributed by atoms with Crippen molar-refractivity contribution >= 4 is 23.5 Å². The van der Waals surface area contributed by atoms with Crippen LogP contribution in [0.5, 0.6) is 11.5 Å². The van der Waals surface area contributed by atoms with E-state index in [1.165, 1.54) is 19.3 Å². The molecule has 2 N–H and O–H groups in total. The van der Waals surface area contributed by atoms with Gasteiger partial charge in [-0.2, -0.15) is 0 Å². The molecule has 3 rings (SSSR count). The van der Waals surface area contributed by atoms with Gasteiger partial charge in [0.15, 0.2) is 5.78 Å². The highest BCUT2D eigenvalue weighted by Gasteiger charge is 2.14. The van der Waals surface area contributed by atoms with E-state index in [0.717, 1.165) is 16.7 Å². The predicted octanol–water partition coefficient (Wildman–Crippen LogP) is 5.24. The molecule has 3 aromatic carbocycles. The van der Waals surface area contributed by atoms with Gasteiger partial charge in [-0.3, -0.25) is 4.79 Å². The molecule has 4 nitrogen and oxygen atoms in total. The molecule has 0 spiro atoms. The quantitative estimate of drug-likeness (QED) is 0.396. The fraction of sp³-hybridized carbons (Fsp3) is 0.125. The first-order valence-electron chi connectivity index (χ1n) is 9.19. The minimum Gasteiger partial charge on any atom is -0.507 e. The van der Waals surface area contributed by atoms with Gasteiger partial charge in [0, 0.05) is 29.7 Å². The number of allylic oxidation sites excluding steroid dienone is 1. The van der Waals surface area contributed by atoms with Crippen LogP contribution in [0.2, 0.25) is 5.02 Å². The Balaban J connectivity index is 1.75. The lowest BCUT2D eigenvalue weighted by Crippen LogP contribution is -2.14. The molecule has 0 heterocycles. The van der Waals surface area contributed by atoms with Gasteiger partial charge in [0.05, 0.1) is 12.7 Å². The summed E-state index contributed by atoms with van der Waals surface area (Å²) in [4.78, 5) is 12.6. The highest BCUT2D eigenvalue weighted by atomic mass is 35.5. The molecule has 0 fully saturated rings. The summed E-state index contributed by atoms with van der Waals surface area (Å²) in [6, 6.07) is 20.3. The van der Waals surface area contributed by atoms with Crippen molar-refractivity contribution in [1.82, 2.24) is 5.32 Å². The number of phenols is 1. The second kappa shape index (κ2) is 9.92. The third-order valence-corrected chi connectivity index (χ3v) is 4.70. The topological polar surface area (TPSA) is 58.6 Å². The number of benzene rings is 3. The number of carbonyl (C=O) groups is 1. The van der Waals surface area contributed by atoms with E-state index in [9.17, 15) is 9.90 Å². The fourth-order valence-corrected chi connectivity index (χ4v) is 3.04. The van der Waals surface area contributed by atoms with Crippen molar-refractivity contribution in [3.8, 4) is 11.5 Å². The van der Waals surface area contributed by atoms with E-state index in [2.05, 4.69) is 5.32 Å². The lowest BCUT2D eigenvalue weighted by Gasteiger charge is -2.12. The summed E-state index contributed by atoms with van der Waals surface area (Å²) < 4.78 is 5.36. The Morgan fingerprint density at radius 3 is 2.48 bits per heavy atom. The van der Waals surface area contributed by atoms with Gasteiger partial charge in [-0.1, -0.05) is 60.1 Å². The van der Waals surface area contributed by atoms with Crippen LogP contribution in [0.3, 0.4) is 0 Å². The average Bonchev–Trinajstić information content (AvgIpc) is 2.74. The van der Waals surface area contributed by atoms with Crippen molar-refractivity contribution in [2.24, 2.45) is 0 Å². The normalized spacial score (nSPS) is 11.0. The summed E-state index contributed by atoms with van der Waals surface area (Å²) in [6.07, 6.45) is 3.13. The molecule has 5 heteroatoms. The van der Waals surface area contributed by atoms with Crippen molar-refractivity contribution in [3.05, 3.63) is 100 Å². The largest absolute Gasteiger partial charge is 0.507 e. The van der Waals surface area contributed by atoms with Gasteiger partial charge in [-0.25, -0.2) is 0 Å². The van der Waals surface area contributed by atoms with E-state index in [1.54, 1.807) is 24.3 Å². The van der Waals surface area contributed by atoms with Gasteiger partial charge in [0.25, 0.3) is 0 Å². The third kappa shape index (κ3) is 5.70. The summed E-state index contributed by atoms with van der Waals surface area (Å²) in [5.41, 5.74) is 3.03. The van der Waals surface area contributed by atoms with Crippen LogP contribution in [0.4, 0.5) is 0 Å². The Morgan fingerprint density at radius 1 is 1.07 bits per heavy atom. The maximum absolute atomic E-state index is 12.6. The van der Waals surface area contributed by atoms with Gasteiger partial charge < -0.3 is 15.2 Å². The third-order valence-electron chi connectivity index (χ3n) is 4.45. The number of carbonyl (C=O) groups excluding carboxylic acids is 1. The van der Waals surface area contributed by atoms with E-state index < -0.39 is 0 Å². The maximum atomic E-state index is 12.6. The van der Waals surface area contributed by atoms with E-state index in [-0.39, 0.29) is 17.1 Å². The number of methoxy groups -OCH3 is 1. The van der Waals surface area contributed by atoms with Crippen LogP contribution in [0, 0.1) is 0 Å². The lowest BCUT2D eigenvalue weighted by molar-refractivity contribution is 0.104. The summed E-state index contributed by atoms with van der Waals surface area (Å²) in [6.45, 7) is 1.18. The molecule has 0 radical (unpaired) electrons.